The normalized spacial score (nSPS) is 25.0. The SMILES string of the molecule is [B]C1(CC)c2cc(-c3ccccc3)ncc2C(C)(C)C1(C)C. The van der Waals surface area contributed by atoms with Crippen molar-refractivity contribution in [2.75, 3.05) is 0 Å². The van der Waals surface area contributed by atoms with Gasteiger partial charge in [-0.3, -0.25) is 4.98 Å². The Morgan fingerprint density at radius 3 is 2.23 bits per heavy atom. The van der Waals surface area contributed by atoms with Crippen LogP contribution in [0.2, 0.25) is 0 Å². The van der Waals surface area contributed by atoms with Gasteiger partial charge in [-0.15, -0.1) is 0 Å². The fourth-order valence-corrected chi connectivity index (χ4v) is 3.95. The van der Waals surface area contributed by atoms with Crippen LogP contribution in [0.3, 0.4) is 0 Å². The van der Waals surface area contributed by atoms with Gasteiger partial charge < -0.3 is 0 Å². The topological polar surface area (TPSA) is 12.9 Å². The Morgan fingerprint density at radius 2 is 1.64 bits per heavy atom. The van der Waals surface area contributed by atoms with Gasteiger partial charge in [-0.05, 0) is 33.3 Å². The van der Waals surface area contributed by atoms with Crippen LogP contribution in [0.4, 0.5) is 0 Å². The van der Waals surface area contributed by atoms with Gasteiger partial charge in [-0.1, -0.05) is 71.4 Å². The van der Waals surface area contributed by atoms with Crippen LogP contribution < -0.4 is 0 Å². The summed E-state index contributed by atoms with van der Waals surface area (Å²) < 4.78 is 0. The zero-order valence-electron chi connectivity index (χ0n) is 14.3. The maximum atomic E-state index is 6.94. The van der Waals surface area contributed by atoms with E-state index in [1.807, 2.05) is 24.4 Å². The molecule has 0 fully saturated rings. The summed E-state index contributed by atoms with van der Waals surface area (Å²) >= 11 is 0. The van der Waals surface area contributed by atoms with Gasteiger partial charge >= 0.3 is 0 Å². The summed E-state index contributed by atoms with van der Waals surface area (Å²) in [4.78, 5) is 4.73. The Bertz CT molecular complexity index is 703. The molecule has 2 aromatic rings. The predicted molar refractivity (Wildman–Crippen MR) is 94.2 cm³/mol. The quantitative estimate of drug-likeness (QED) is 0.721. The number of hydrogen-bond donors (Lipinski definition) is 0. The van der Waals surface area contributed by atoms with Crippen molar-refractivity contribution in [3.8, 4) is 11.3 Å². The molecule has 22 heavy (non-hydrogen) atoms. The van der Waals surface area contributed by atoms with E-state index in [9.17, 15) is 0 Å². The fourth-order valence-electron chi connectivity index (χ4n) is 3.95. The van der Waals surface area contributed by atoms with Crippen molar-refractivity contribution in [1.29, 1.82) is 0 Å². The van der Waals surface area contributed by atoms with Gasteiger partial charge in [0.05, 0.1) is 13.5 Å². The maximum Gasteiger partial charge on any atom is 0.0818 e. The summed E-state index contributed by atoms with van der Waals surface area (Å²) in [5.41, 5.74) is 4.70. The number of nitrogens with zero attached hydrogens (tertiary/aromatic N) is 1. The molecule has 1 aromatic heterocycles. The van der Waals surface area contributed by atoms with Crippen LogP contribution >= 0.6 is 0 Å². The molecule has 1 nitrogen and oxygen atoms in total. The Hall–Kier alpha value is -1.57. The molecule has 1 atom stereocenters. The molecule has 0 aliphatic heterocycles. The second kappa shape index (κ2) is 4.71. The van der Waals surface area contributed by atoms with Crippen LogP contribution in [0.1, 0.15) is 52.2 Å². The molecule has 0 bridgehead atoms. The van der Waals surface area contributed by atoms with Crippen molar-refractivity contribution >= 4 is 7.85 Å². The van der Waals surface area contributed by atoms with Crippen LogP contribution in [-0.2, 0) is 10.7 Å². The van der Waals surface area contributed by atoms with Gasteiger partial charge in [0.1, 0.15) is 0 Å². The van der Waals surface area contributed by atoms with Gasteiger partial charge in [0.25, 0.3) is 0 Å². The largest absolute Gasteiger partial charge is 0.256 e. The maximum absolute atomic E-state index is 6.94. The molecule has 1 aromatic carbocycles. The molecule has 112 valence electrons. The lowest BCUT2D eigenvalue weighted by Gasteiger charge is -2.46. The van der Waals surface area contributed by atoms with Gasteiger partial charge in [-0.25, -0.2) is 0 Å². The van der Waals surface area contributed by atoms with Gasteiger partial charge in [0, 0.05) is 11.8 Å². The van der Waals surface area contributed by atoms with Gasteiger partial charge in [0.2, 0.25) is 0 Å². The van der Waals surface area contributed by atoms with E-state index in [1.165, 1.54) is 11.1 Å². The smallest absolute Gasteiger partial charge is 0.0818 e. The third kappa shape index (κ3) is 1.76. The van der Waals surface area contributed by atoms with Crippen LogP contribution in [0, 0.1) is 5.41 Å². The second-order valence-corrected chi connectivity index (χ2v) is 7.56. The molecule has 1 unspecified atom stereocenters. The van der Waals surface area contributed by atoms with E-state index in [4.69, 9.17) is 12.8 Å². The van der Waals surface area contributed by atoms with Crippen LogP contribution in [0.15, 0.2) is 42.6 Å². The Labute approximate surface area is 135 Å². The van der Waals surface area contributed by atoms with Crippen molar-refractivity contribution < 1.29 is 0 Å². The van der Waals surface area contributed by atoms with E-state index >= 15 is 0 Å². The number of fused-ring (bicyclic) bond motifs is 1. The summed E-state index contributed by atoms with van der Waals surface area (Å²) in [6.07, 6.45) is 2.97. The van der Waals surface area contributed by atoms with Crippen molar-refractivity contribution in [3.05, 3.63) is 53.7 Å². The molecule has 0 spiro atoms. The first kappa shape index (κ1) is 15.3. The highest BCUT2D eigenvalue weighted by molar-refractivity contribution is 6.17. The van der Waals surface area contributed by atoms with Crippen LogP contribution in [0.5, 0.6) is 0 Å². The van der Waals surface area contributed by atoms with E-state index in [1.54, 1.807) is 0 Å². The monoisotopic (exact) mass is 289 g/mol. The van der Waals surface area contributed by atoms with E-state index in [-0.39, 0.29) is 16.1 Å². The minimum Gasteiger partial charge on any atom is -0.256 e. The number of pyridine rings is 1. The lowest BCUT2D eigenvalue weighted by atomic mass is 9.48. The average Bonchev–Trinajstić information content (AvgIpc) is 2.64. The van der Waals surface area contributed by atoms with Crippen molar-refractivity contribution in [3.63, 3.8) is 0 Å². The zero-order valence-corrected chi connectivity index (χ0v) is 14.3. The Kier molecular flexibility index (Phi) is 3.29. The molecular weight excluding hydrogens is 265 g/mol. The number of hydrogen-bond acceptors (Lipinski definition) is 1. The minimum absolute atomic E-state index is 0.00924. The lowest BCUT2D eigenvalue weighted by molar-refractivity contribution is 0.151. The molecule has 0 amide bonds. The van der Waals surface area contributed by atoms with Crippen LogP contribution in [0.25, 0.3) is 11.3 Å². The first-order valence-corrected chi connectivity index (χ1v) is 8.11. The molecule has 2 heteroatoms. The van der Waals surface area contributed by atoms with Gasteiger partial charge in [0.15, 0.2) is 0 Å². The summed E-state index contributed by atoms with van der Waals surface area (Å²) in [5.74, 6) is 0. The van der Waals surface area contributed by atoms with E-state index in [0.29, 0.717) is 0 Å². The van der Waals surface area contributed by atoms with Crippen LogP contribution in [-0.4, -0.2) is 12.8 Å². The molecule has 0 N–H and O–H groups in total. The van der Waals surface area contributed by atoms with E-state index in [0.717, 1.165) is 17.7 Å². The fraction of sp³-hybridized carbons (Fsp3) is 0.450. The summed E-state index contributed by atoms with van der Waals surface area (Å²) in [5, 5.41) is -0.321. The lowest BCUT2D eigenvalue weighted by Crippen LogP contribution is -2.46. The molecule has 0 saturated carbocycles. The molecule has 2 radical (unpaired) electrons. The second-order valence-electron chi connectivity index (χ2n) is 7.56. The third-order valence-corrected chi connectivity index (χ3v) is 6.36. The minimum atomic E-state index is -0.321. The standard InChI is InChI=1S/C20H24BN/c1-6-20(21)15-12-17(14-10-8-7-9-11-14)22-13-16(15)18(2,3)19(20,4)5/h7-13H,6H2,1-5H3. The van der Waals surface area contributed by atoms with Crippen molar-refractivity contribution in [1.82, 2.24) is 4.98 Å². The average molecular weight is 289 g/mol. The Balaban J connectivity index is 2.24. The number of aromatic nitrogens is 1. The highest BCUT2D eigenvalue weighted by atomic mass is 14.7. The zero-order chi connectivity index (χ0) is 16.2. The summed E-state index contributed by atoms with van der Waals surface area (Å²) in [7, 11) is 6.94. The number of benzene rings is 1. The predicted octanol–water partition coefficient (Wildman–Crippen LogP) is 4.84. The van der Waals surface area contributed by atoms with E-state index < -0.39 is 0 Å². The first-order chi connectivity index (χ1) is 10.3. The number of rotatable bonds is 2. The molecule has 1 heterocycles. The van der Waals surface area contributed by atoms with Gasteiger partial charge in [-0.2, -0.15) is 0 Å². The highest BCUT2D eigenvalue weighted by Crippen LogP contribution is 2.61. The van der Waals surface area contributed by atoms with Crippen molar-refractivity contribution in [2.45, 2.75) is 51.8 Å². The molecule has 0 saturated heterocycles. The van der Waals surface area contributed by atoms with E-state index in [2.05, 4.69) is 52.8 Å². The summed E-state index contributed by atoms with van der Waals surface area (Å²) in [6.45, 7) is 11.4. The van der Waals surface area contributed by atoms with Crippen molar-refractivity contribution in [2.24, 2.45) is 5.41 Å². The highest BCUT2D eigenvalue weighted by Gasteiger charge is 2.57. The molecule has 1 aliphatic rings. The molecular formula is C20H24BN. The summed E-state index contributed by atoms with van der Waals surface area (Å²) in [6, 6.07) is 12.5. The molecule has 1 aliphatic carbocycles. The Morgan fingerprint density at radius 1 is 1.00 bits per heavy atom. The third-order valence-electron chi connectivity index (χ3n) is 6.36. The molecule has 3 rings (SSSR count). The first-order valence-electron chi connectivity index (χ1n) is 8.11.